The lowest BCUT2D eigenvalue weighted by Gasteiger charge is -2.25. The third kappa shape index (κ3) is 2.81. The number of aromatic carboxylic acids is 1. The molecular weight excluding hydrogens is 250 g/mol. The van der Waals surface area contributed by atoms with Crippen molar-refractivity contribution in [2.45, 2.75) is 38.1 Å². The van der Waals surface area contributed by atoms with Gasteiger partial charge in [0.25, 0.3) is 0 Å². The molecule has 0 saturated heterocycles. The van der Waals surface area contributed by atoms with Gasteiger partial charge in [-0.1, -0.05) is 12.8 Å². The van der Waals surface area contributed by atoms with Crippen LogP contribution in [0.3, 0.4) is 0 Å². The van der Waals surface area contributed by atoms with Crippen LogP contribution in [0, 0.1) is 10.1 Å². The molecule has 1 aromatic rings. The van der Waals surface area contributed by atoms with Crippen molar-refractivity contribution in [2.24, 2.45) is 0 Å². The summed E-state index contributed by atoms with van der Waals surface area (Å²) in [4.78, 5) is 25.1. The van der Waals surface area contributed by atoms with Crippen molar-refractivity contribution in [1.29, 1.82) is 0 Å². The lowest BCUT2D eigenvalue weighted by Crippen LogP contribution is -2.31. The van der Waals surface area contributed by atoms with Gasteiger partial charge in [-0.15, -0.1) is 0 Å². The molecule has 2 N–H and O–H groups in total. The van der Waals surface area contributed by atoms with Gasteiger partial charge in [0.2, 0.25) is 5.82 Å². The molecular formula is C12H15N3O4. The highest BCUT2D eigenvalue weighted by atomic mass is 16.6. The summed E-state index contributed by atoms with van der Waals surface area (Å²) < 4.78 is 0. The molecule has 1 aromatic heterocycles. The van der Waals surface area contributed by atoms with Crippen LogP contribution < -0.4 is 5.32 Å². The van der Waals surface area contributed by atoms with Gasteiger partial charge in [0.05, 0.1) is 4.92 Å². The molecule has 2 rings (SSSR count). The predicted molar refractivity (Wildman–Crippen MR) is 68.3 cm³/mol. The van der Waals surface area contributed by atoms with Crippen molar-refractivity contribution < 1.29 is 14.8 Å². The summed E-state index contributed by atoms with van der Waals surface area (Å²) in [5.41, 5.74) is -0.651. The van der Waals surface area contributed by atoms with Crippen LogP contribution in [-0.4, -0.2) is 26.5 Å². The van der Waals surface area contributed by atoms with E-state index in [1.807, 2.05) is 6.92 Å². The first kappa shape index (κ1) is 13.3. The molecule has 0 atom stereocenters. The minimum Gasteiger partial charge on any atom is -0.477 e. The van der Waals surface area contributed by atoms with Crippen molar-refractivity contribution in [2.75, 3.05) is 5.32 Å². The summed E-state index contributed by atoms with van der Waals surface area (Å²) >= 11 is 0. The van der Waals surface area contributed by atoms with Gasteiger partial charge in [-0.2, -0.15) is 0 Å². The van der Waals surface area contributed by atoms with Crippen LogP contribution in [0.1, 0.15) is 43.1 Å². The van der Waals surface area contributed by atoms with Crippen LogP contribution in [0.2, 0.25) is 0 Å². The Kier molecular flexibility index (Phi) is 3.37. The molecule has 1 fully saturated rings. The van der Waals surface area contributed by atoms with Gasteiger partial charge < -0.3 is 10.4 Å². The molecule has 1 saturated carbocycles. The lowest BCUT2D eigenvalue weighted by atomic mass is 10.0. The largest absolute Gasteiger partial charge is 0.477 e. The third-order valence-corrected chi connectivity index (χ3v) is 3.42. The number of nitrogens with zero attached hydrogens (tertiary/aromatic N) is 2. The molecule has 1 heterocycles. The fourth-order valence-corrected chi connectivity index (χ4v) is 2.38. The van der Waals surface area contributed by atoms with Crippen molar-refractivity contribution in [3.63, 3.8) is 0 Å². The maximum Gasteiger partial charge on any atom is 0.354 e. The Bertz CT molecular complexity index is 524. The highest BCUT2D eigenvalue weighted by molar-refractivity contribution is 5.86. The Hall–Kier alpha value is -2.18. The van der Waals surface area contributed by atoms with E-state index in [0.717, 1.165) is 31.7 Å². The number of aromatic nitrogens is 1. The van der Waals surface area contributed by atoms with E-state index in [1.165, 1.54) is 6.07 Å². The number of pyridine rings is 1. The Morgan fingerprint density at radius 2 is 2.11 bits per heavy atom. The minimum atomic E-state index is -1.20. The molecule has 7 nitrogen and oxygen atoms in total. The number of hydrogen-bond donors (Lipinski definition) is 2. The van der Waals surface area contributed by atoms with E-state index in [9.17, 15) is 14.9 Å². The number of nitro groups is 1. The number of carboxylic acids is 1. The van der Waals surface area contributed by atoms with Gasteiger partial charge in [0.15, 0.2) is 5.69 Å². The molecule has 0 aromatic carbocycles. The molecule has 0 bridgehead atoms. The van der Waals surface area contributed by atoms with E-state index < -0.39 is 10.9 Å². The van der Waals surface area contributed by atoms with Gasteiger partial charge in [-0.05, 0) is 25.8 Å². The second kappa shape index (κ2) is 4.83. The van der Waals surface area contributed by atoms with Gasteiger partial charge >= 0.3 is 11.7 Å². The first-order valence-electron chi connectivity index (χ1n) is 6.08. The highest BCUT2D eigenvalue weighted by Gasteiger charge is 2.31. The summed E-state index contributed by atoms with van der Waals surface area (Å²) in [6, 6.07) is 2.32. The lowest BCUT2D eigenvalue weighted by molar-refractivity contribution is -0.384. The Morgan fingerprint density at radius 1 is 1.47 bits per heavy atom. The molecule has 0 unspecified atom stereocenters. The smallest absolute Gasteiger partial charge is 0.354 e. The van der Waals surface area contributed by atoms with Crippen LogP contribution in [0.4, 0.5) is 11.5 Å². The number of rotatable bonds is 4. The van der Waals surface area contributed by atoms with E-state index in [4.69, 9.17) is 5.11 Å². The number of carboxylic acid groups (broad SMARTS) is 1. The van der Waals surface area contributed by atoms with Gasteiger partial charge in [0, 0.05) is 11.6 Å². The number of anilines is 1. The van der Waals surface area contributed by atoms with Crippen LogP contribution in [-0.2, 0) is 0 Å². The van der Waals surface area contributed by atoms with Crippen LogP contribution in [0.5, 0.6) is 0 Å². The van der Waals surface area contributed by atoms with Crippen LogP contribution in [0.25, 0.3) is 0 Å². The van der Waals surface area contributed by atoms with E-state index >= 15 is 0 Å². The van der Waals surface area contributed by atoms with E-state index in [2.05, 4.69) is 10.3 Å². The normalized spacial score (nSPS) is 17.1. The average Bonchev–Trinajstić information content (AvgIpc) is 2.75. The first-order valence-corrected chi connectivity index (χ1v) is 6.08. The van der Waals surface area contributed by atoms with Crippen LogP contribution in [0.15, 0.2) is 12.1 Å². The fourth-order valence-electron chi connectivity index (χ4n) is 2.38. The molecule has 7 heteroatoms. The van der Waals surface area contributed by atoms with Crippen molar-refractivity contribution in [1.82, 2.24) is 4.98 Å². The molecule has 0 amide bonds. The maximum absolute atomic E-state index is 11.0. The summed E-state index contributed by atoms with van der Waals surface area (Å²) in [5.74, 6) is -1.16. The number of carbonyl (C=O) groups is 1. The van der Waals surface area contributed by atoms with Crippen molar-refractivity contribution >= 4 is 17.5 Å². The van der Waals surface area contributed by atoms with E-state index in [-0.39, 0.29) is 22.7 Å². The second-order valence-corrected chi connectivity index (χ2v) is 5.02. The van der Waals surface area contributed by atoms with Gasteiger partial charge in [-0.3, -0.25) is 10.1 Å². The monoisotopic (exact) mass is 265 g/mol. The molecule has 0 aliphatic heterocycles. The minimum absolute atomic E-state index is 0.0364. The summed E-state index contributed by atoms with van der Waals surface area (Å²) in [5, 5.41) is 22.9. The predicted octanol–water partition coefficient (Wildman–Crippen LogP) is 2.43. The average molecular weight is 265 g/mol. The van der Waals surface area contributed by atoms with E-state index in [1.54, 1.807) is 0 Å². The topological polar surface area (TPSA) is 105 Å². The quantitative estimate of drug-likeness (QED) is 0.639. The SMILES string of the molecule is CC1(Nc2nc(C(=O)O)ccc2[N+](=O)[O-])CCCC1. The molecule has 102 valence electrons. The number of hydrogen-bond acceptors (Lipinski definition) is 5. The summed E-state index contributed by atoms with van der Waals surface area (Å²) in [6.07, 6.45) is 3.89. The van der Waals surface area contributed by atoms with Gasteiger partial charge in [0.1, 0.15) is 0 Å². The maximum atomic E-state index is 11.0. The highest BCUT2D eigenvalue weighted by Crippen LogP contribution is 2.34. The van der Waals surface area contributed by atoms with Crippen LogP contribution >= 0.6 is 0 Å². The molecule has 1 aliphatic carbocycles. The molecule has 19 heavy (non-hydrogen) atoms. The zero-order valence-electron chi connectivity index (χ0n) is 10.5. The zero-order valence-corrected chi connectivity index (χ0v) is 10.5. The Balaban J connectivity index is 2.37. The molecule has 0 radical (unpaired) electrons. The van der Waals surface area contributed by atoms with Gasteiger partial charge in [-0.25, -0.2) is 9.78 Å². The molecule has 0 spiro atoms. The molecule has 1 aliphatic rings. The van der Waals surface area contributed by atoms with Crippen molar-refractivity contribution in [3.05, 3.63) is 27.9 Å². The Morgan fingerprint density at radius 3 is 2.63 bits per heavy atom. The Labute approximate surface area is 109 Å². The second-order valence-electron chi connectivity index (χ2n) is 5.02. The third-order valence-electron chi connectivity index (χ3n) is 3.42. The van der Waals surface area contributed by atoms with E-state index in [0.29, 0.717) is 0 Å². The standard InChI is InChI=1S/C12H15N3O4/c1-12(6-2-3-7-12)14-10-9(15(18)19)5-4-8(13-10)11(16)17/h4-5H,2-3,6-7H2,1H3,(H,13,14)(H,16,17). The first-order chi connectivity index (χ1) is 8.91. The van der Waals surface area contributed by atoms with Crippen molar-refractivity contribution in [3.8, 4) is 0 Å². The summed E-state index contributed by atoms with van der Waals surface area (Å²) in [6.45, 7) is 1.97. The fraction of sp³-hybridized carbons (Fsp3) is 0.500. The summed E-state index contributed by atoms with van der Waals surface area (Å²) in [7, 11) is 0. The number of nitrogens with one attached hydrogen (secondary N) is 1. The zero-order chi connectivity index (χ0) is 14.0.